The quantitative estimate of drug-likeness (QED) is 0.888. The molecule has 1 aromatic rings. The van der Waals surface area contributed by atoms with Gasteiger partial charge in [0.05, 0.1) is 18.1 Å². The maximum Gasteiger partial charge on any atom is 0.318 e. The highest BCUT2D eigenvalue weighted by molar-refractivity contribution is 7.09. The number of hydrogen-bond acceptors (Lipinski definition) is 4. The third-order valence-corrected chi connectivity index (χ3v) is 3.37. The molecule has 0 aliphatic rings. The molecule has 0 saturated heterocycles. The lowest BCUT2D eigenvalue weighted by atomic mass is 10.0. The standard InChI is InChI=1S/C12H19N3O2S/c1-8(2)11(9(3)16)14-12(17)15(4)6-10-5-13-7-18-10/h5,7-8,11H,6H2,1-4H3,(H,14,17). The van der Waals surface area contributed by atoms with Crippen molar-refractivity contribution in [2.75, 3.05) is 7.05 Å². The molecule has 0 aliphatic carbocycles. The molecule has 2 amide bonds. The Labute approximate surface area is 111 Å². The van der Waals surface area contributed by atoms with Gasteiger partial charge in [0.2, 0.25) is 0 Å². The third-order valence-electron chi connectivity index (χ3n) is 2.61. The van der Waals surface area contributed by atoms with Gasteiger partial charge in [-0.1, -0.05) is 13.8 Å². The Hall–Kier alpha value is -1.43. The van der Waals surface area contributed by atoms with Crippen LogP contribution in [0.3, 0.4) is 0 Å². The van der Waals surface area contributed by atoms with Crippen molar-refractivity contribution in [3.05, 3.63) is 16.6 Å². The molecule has 6 heteroatoms. The summed E-state index contributed by atoms with van der Waals surface area (Å²) < 4.78 is 0. The number of rotatable bonds is 5. The van der Waals surface area contributed by atoms with E-state index in [9.17, 15) is 9.59 Å². The van der Waals surface area contributed by atoms with E-state index >= 15 is 0 Å². The maximum atomic E-state index is 11.9. The van der Waals surface area contributed by atoms with Crippen molar-refractivity contribution in [3.63, 3.8) is 0 Å². The number of carbonyl (C=O) groups excluding carboxylic acids is 2. The Morgan fingerprint density at radius 2 is 2.17 bits per heavy atom. The second kappa shape index (κ2) is 6.49. The van der Waals surface area contributed by atoms with E-state index in [4.69, 9.17) is 0 Å². The average molecular weight is 269 g/mol. The van der Waals surface area contributed by atoms with Crippen LogP contribution >= 0.6 is 11.3 Å². The van der Waals surface area contributed by atoms with Gasteiger partial charge in [-0.05, 0) is 12.8 Å². The van der Waals surface area contributed by atoms with Crippen molar-refractivity contribution in [1.82, 2.24) is 15.2 Å². The fourth-order valence-electron chi connectivity index (χ4n) is 1.61. The van der Waals surface area contributed by atoms with Crippen molar-refractivity contribution in [3.8, 4) is 0 Å². The van der Waals surface area contributed by atoms with E-state index in [1.54, 1.807) is 23.7 Å². The average Bonchev–Trinajstić information content (AvgIpc) is 2.77. The van der Waals surface area contributed by atoms with Crippen LogP contribution in [0.2, 0.25) is 0 Å². The Morgan fingerprint density at radius 3 is 2.61 bits per heavy atom. The van der Waals surface area contributed by atoms with Crippen LogP contribution in [0.5, 0.6) is 0 Å². The van der Waals surface area contributed by atoms with Crippen molar-refractivity contribution in [1.29, 1.82) is 0 Å². The largest absolute Gasteiger partial charge is 0.328 e. The molecule has 1 rings (SSSR count). The van der Waals surface area contributed by atoms with Crippen LogP contribution in [0, 0.1) is 5.92 Å². The molecule has 0 spiro atoms. The number of hydrogen-bond donors (Lipinski definition) is 1. The van der Waals surface area contributed by atoms with Crippen LogP contribution in [0.1, 0.15) is 25.6 Å². The fraction of sp³-hybridized carbons (Fsp3) is 0.583. The Balaban J connectivity index is 2.56. The van der Waals surface area contributed by atoms with Gasteiger partial charge in [-0.25, -0.2) is 4.79 Å². The zero-order valence-corrected chi connectivity index (χ0v) is 12.0. The summed E-state index contributed by atoms with van der Waals surface area (Å²) in [4.78, 5) is 29.9. The van der Waals surface area contributed by atoms with Crippen LogP contribution in [0.4, 0.5) is 4.79 Å². The smallest absolute Gasteiger partial charge is 0.318 e. The number of Topliss-reactive ketones (excluding diaryl/α,β-unsaturated/α-hetero) is 1. The van der Waals surface area contributed by atoms with Crippen LogP contribution in [0.15, 0.2) is 11.7 Å². The summed E-state index contributed by atoms with van der Waals surface area (Å²) in [5.41, 5.74) is 1.73. The zero-order chi connectivity index (χ0) is 13.7. The van der Waals surface area contributed by atoms with E-state index in [1.807, 2.05) is 13.8 Å². The molecule has 100 valence electrons. The molecule has 1 N–H and O–H groups in total. The van der Waals surface area contributed by atoms with Gasteiger partial charge in [-0.3, -0.25) is 9.78 Å². The molecule has 0 fully saturated rings. The highest BCUT2D eigenvalue weighted by Crippen LogP contribution is 2.09. The molecule has 5 nitrogen and oxygen atoms in total. The summed E-state index contributed by atoms with van der Waals surface area (Å²) in [7, 11) is 1.70. The minimum Gasteiger partial charge on any atom is -0.328 e. The second-order valence-electron chi connectivity index (χ2n) is 4.61. The van der Waals surface area contributed by atoms with Gasteiger partial charge in [-0.15, -0.1) is 11.3 Å². The normalized spacial score (nSPS) is 12.3. The van der Waals surface area contributed by atoms with Gasteiger partial charge >= 0.3 is 6.03 Å². The van der Waals surface area contributed by atoms with Gasteiger partial charge in [-0.2, -0.15) is 0 Å². The number of amides is 2. The Bertz CT molecular complexity index is 403. The number of carbonyl (C=O) groups is 2. The zero-order valence-electron chi connectivity index (χ0n) is 11.1. The SMILES string of the molecule is CC(=O)C(NC(=O)N(C)Cc1cncs1)C(C)C. The van der Waals surface area contributed by atoms with Crippen LogP contribution < -0.4 is 5.32 Å². The summed E-state index contributed by atoms with van der Waals surface area (Å²) in [6, 6.07) is -0.668. The third kappa shape index (κ3) is 4.10. The molecule has 1 heterocycles. The van der Waals surface area contributed by atoms with E-state index in [2.05, 4.69) is 10.3 Å². The Morgan fingerprint density at radius 1 is 1.50 bits per heavy atom. The van der Waals surface area contributed by atoms with Crippen LogP contribution in [-0.4, -0.2) is 34.8 Å². The number of aromatic nitrogens is 1. The molecular weight excluding hydrogens is 250 g/mol. The lowest BCUT2D eigenvalue weighted by Crippen LogP contribution is -2.48. The highest BCUT2D eigenvalue weighted by Gasteiger charge is 2.22. The summed E-state index contributed by atoms with van der Waals surface area (Å²) in [6.07, 6.45) is 1.74. The molecule has 0 radical (unpaired) electrons. The van der Waals surface area contributed by atoms with Gasteiger partial charge < -0.3 is 10.2 Å². The lowest BCUT2D eigenvalue weighted by Gasteiger charge is -2.23. The molecule has 1 aromatic heterocycles. The summed E-state index contributed by atoms with van der Waals surface area (Å²) in [6.45, 7) is 5.82. The summed E-state index contributed by atoms with van der Waals surface area (Å²) >= 11 is 1.50. The van der Waals surface area contributed by atoms with Gasteiger partial charge in [0.1, 0.15) is 0 Å². The first-order valence-corrected chi connectivity index (χ1v) is 6.69. The molecule has 0 bridgehead atoms. The number of nitrogens with one attached hydrogen (secondary N) is 1. The first-order chi connectivity index (χ1) is 8.41. The summed E-state index contributed by atoms with van der Waals surface area (Å²) in [5, 5.41) is 2.75. The molecule has 1 unspecified atom stereocenters. The lowest BCUT2D eigenvalue weighted by molar-refractivity contribution is -0.119. The van der Waals surface area contributed by atoms with Crippen LogP contribution in [0.25, 0.3) is 0 Å². The topological polar surface area (TPSA) is 62.3 Å². The predicted octanol–water partition coefficient (Wildman–Crippen LogP) is 1.90. The van der Waals surface area contributed by atoms with E-state index < -0.39 is 6.04 Å². The minimum absolute atomic E-state index is 0.0236. The predicted molar refractivity (Wildman–Crippen MR) is 71.4 cm³/mol. The van der Waals surface area contributed by atoms with Gasteiger partial charge in [0.25, 0.3) is 0 Å². The minimum atomic E-state index is -0.429. The molecule has 0 aliphatic heterocycles. The van der Waals surface area contributed by atoms with Crippen molar-refractivity contribution in [2.45, 2.75) is 33.4 Å². The number of thiazole rings is 1. The second-order valence-corrected chi connectivity index (χ2v) is 5.58. The first kappa shape index (κ1) is 14.6. The van der Waals surface area contributed by atoms with Crippen LogP contribution in [-0.2, 0) is 11.3 Å². The maximum absolute atomic E-state index is 11.9. The molecule has 1 atom stereocenters. The molecule has 18 heavy (non-hydrogen) atoms. The van der Waals surface area contributed by atoms with E-state index in [-0.39, 0.29) is 17.7 Å². The Kier molecular flexibility index (Phi) is 5.27. The van der Waals surface area contributed by atoms with E-state index in [0.717, 1.165) is 4.88 Å². The number of urea groups is 1. The highest BCUT2D eigenvalue weighted by atomic mass is 32.1. The van der Waals surface area contributed by atoms with E-state index in [0.29, 0.717) is 6.54 Å². The van der Waals surface area contributed by atoms with Gasteiger partial charge in [0.15, 0.2) is 5.78 Å². The molecule has 0 aromatic carbocycles. The van der Waals surface area contributed by atoms with Crippen molar-refractivity contribution in [2.24, 2.45) is 5.92 Å². The number of nitrogens with zero attached hydrogens (tertiary/aromatic N) is 2. The first-order valence-electron chi connectivity index (χ1n) is 5.81. The molecule has 0 saturated carbocycles. The van der Waals surface area contributed by atoms with Crippen molar-refractivity contribution >= 4 is 23.2 Å². The van der Waals surface area contributed by atoms with Gasteiger partial charge in [0, 0.05) is 18.1 Å². The van der Waals surface area contributed by atoms with Crippen molar-refractivity contribution < 1.29 is 9.59 Å². The van der Waals surface area contributed by atoms with E-state index in [1.165, 1.54) is 18.3 Å². The molecular formula is C12H19N3O2S. The monoisotopic (exact) mass is 269 g/mol. The summed E-state index contributed by atoms with van der Waals surface area (Å²) in [5.74, 6) is 0.0628. The fourth-order valence-corrected chi connectivity index (χ4v) is 2.25. The number of ketones is 1.